The van der Waals surface area contributed by atoms with E-state index in [-0.39, 0.29) is 17.3 Å². The number of nitrogens with zero attached hydrogens (tertiary/aromatic N) is 1. The van der Waals surface area contributed by atoms with Crippen LogP contribution in [0, 0.1) is 5.41 Å². The maximum Gasteiger partial charge on any atom is 0.333 e. The lowest BCUT2D eigenvalue weighted by Crippen LogP contribution is -2.31. The van der Waals surface area contributed by atoms with E-state index in [9.17, 15) is 9.59 Å². The van der Waals surface area contributed by atoms with Crippen molar-refractivity contribution in [3.63, 3.8) is 0 Å². The first-order chi connectivity index (χ1) is 8.35. The molecule has 1 fully saturated rings. The van der Waals surface area contributed by atoms with Gasteiger partial charge in [-0.25, -0.2) is 4.79 Å². The van der Waals surface area contributed by atoms with Gasteiger partial charge < -0.3 is 9.64 Å². The van der Waals surface area contributed by atoms with Crippen LogP contribution in [0.4, 0.5) is 0 Å². The van der Waals surface area contributed by atoms with Crippen molar-refractivity contribution in [3.05, 3.63) is 11.6 Å². The molecule has 4 heteroatoms. The highest BCUT2D eigenvalue weighted by Crippen LogP contribution is 2.30. The van der Waals surface area contributed by atoms with Crippen LogP contribution in [-0.2, 0) is 14.3 Å². The zero-order chi connectivity index (χ0) is 13.8. The predicted octanol–water partition coefficient (Wildman–Crippen LogP) is 2.14. The molecule has 0 aromatic carbocycles. The molecule has 1 saturated heterocycles. The highest BCUT2D eigenvalue weighted by atomic mass is 16.5. The average Bonchev–Trinajstić information content (AvgIpc) is 2.46. The molecule has 1 amide bonds. The summed E-state index contributed by atoms with van der Waals surface area (Å²) in [6.45, 7) is 7.35. The van der Waals surface area contributed by atoms with Crippen LogP contribution in [0.25, 0.3) is 0 Å². The van der Waals surface area contributed by atoms with Gasteiger partial charge in [0.15, 0.2) is 0 Å². The Labute approximate surface area is 109 Å². The normalized spacial score (nSPS) is 20.6. The van der Waals surface area contributed by atoms with Crippen molar-refractivity contribution in [1.29, 1.82) is 0 Å². The van der Waals surface area contributed by atoms with Crippen LogP contribution in [0.1, 0.15) is 40.0 Å². The Kier molecular flexibility index (Phi) is 4.93. The lowest BCUT2D eigenvalue weighted by molar-refractivity contribution is -0.136. The predicted molar refractivity (Wildman–Crippen MR) is 70.0 cm³/mol. The fraction of sp³-hybridized carbons (Fsp3) is 0.714. The Hall–Kier alpha value is -1.32. The Morgan fingerprint density at radius 1 is 1.44 bits per heavy atom. The molecule has 0 atom stereocenters. The quantitative estimate of drug-likeness (QED) is 0.572. The number of carbonyl (C=O) groups excluding carboxylic acids is 2. The van der Waals surface area contributed by atoms with Gasteiger partial charge >= 0.3 is 5.97 Å². The van der Waals surface area contributed by atoms with Crippen LogP contribution >= 0.6 is 0 Å². The van der Waals surface area contributed by atoms with E-state index in [2.05, 4.69) is 18.6 Å². The molecular weight excluding hydrogens is 230 g/mol. The number of hydrogen-bond acceptors (Lipinski definition) is 3. The van der Waals surface area contributed by atoms with Crippen LogP contribution in [0.15, 0.2) is 11.6 Å². The van der Waals surface area contributed by atoms with E-state index in [1.807, 2.05) is 4.90 Å². The molecule has 0 aliphatic carbocycles. The van der Waals surface area contributed by atoms with Gasteiger partial charge in [-0.1, -0.05) is 19.9 Å². The number of amides is 1. The molecule has 102 valence electrons. The van der Waals surface area contributed by atoms with Crippen molar-refractivity contribution in [2.75, 3.05) is 20.2 Å². The van der Waals surface area contributed by atoms with Crippen LogP contribution < -0.4 is 0 Å². The first-order valence-electron chi connectivity index (χ1n) is 6.38. The summed E-state index contributed by atoms with van der Waals surface area (Å²) >= 11 is 0. The number of methoxy groups -OCH3 is 1. The van der Waals surface area contributed by atoms with Gasteiger partial charge in [0.2, 0.25) is 5.91 Å². The van der Waals surface area contributed by atoms with E-state index >= 15 is 0 Å². The van der Waals surface area contributed by atoms with E-state index in [0.717, 1.165) is 19.4 Å². The number of likely N-dealkylation sites (tertiary alicyclic amines) is 1. The van der Waals surface area contributed by atoms with Crippen molar-refractivity contribution >= 4 is 11.9 Å². The summed E-state index contributed by atoms with van der Waals surface area (Å²) in [4.78, 5) is 25.0. The minimum atomic E-state index is -0.336. The van der Waals surface area contributed by atoms with E-state index in [1.54, 1.807) is 13.0 Å². The summed E-state index contributed by atoms with van der Waals surface area (Å²) in [6, 6.07) is 0. The summed E-state index contributed by atoms with van der Waals surface area (Å²) in [5.41, 5.74) is 0.778. The molecule has 1 rings (SSSR count). The maximum absolute atomic E-state index is 11.9. The monoisotopic (exact) mass is 253 g/mol. The third-order valence-electron chi connectivity index (χ3n) is 3.55. The molecule has 0 aromatic rings. The van der Waals surface area contributed by atoms with E-state index in [0.29, 0.717) is 18.5 Å². The third kappa shape index (κ3) is 4.17. The van der Waals surface area contributed by atoms with Crippen molar-refractivity contribution < 1.29 is 14.3 Å². The molecule has 0 radical (unpaired) electrons. The van der Waals surface area contributed by atoms with Gasteiger partial charge in [0.05, 0.1) is 7.11 Å². The van der Waals surface area contributed by atoms with Crippen LogP contribution in [-0.4, -0.2) is 37.0 Å². The summed E-state index contributed by atoms with van der Waals surface area (Å²) in [5, 5.41) is 0. The second-order valence-electron chi connectivity index (χ2n) is 5.63. The molecule has 0 N–H and O–H groups in total. The zero-order valence-electron chi connectivity index (χ0n) is 11.8. The minimum Gasteiger partial charge on any atom is -0.466 e. The Morgan fingerprint density at radius 2 is 2.11 bits per heavy atom. The van der Waals surface area contributed by atoms with Gasteiger partial charge in [-0.05, 0) is 25.2 Å². The smallest absolute Gasteiger partial charge is 0.333 e. The minimum absolute atomic E-state index is 0.175. The average molecular weight is 253 g/mol. The van der Waals surface area contributed by atoms with Crippen molar-refractivity contribution in [1.82, 2.24) is 4.90 Å². The fourth-order valence-electron chi connectivity index (χ4n) is 1.98. The second-order valence-corrected chi connectivity index (χ2v) is 5.63. The van der Waals surface area contributed by atoms with Crippen LogP contribution in [0.3, 0.4) is 0 Å². The van der Waals surface area contributed by atoms with Gasteiger partial charge in [0, 0.05) is 25.1 Å². The fourth-order valence-corrected chi connectivity index (χ4v) is 1.98. The molecule has 1 aliphatic heterocycles. The number of hydrogen-bond donors (Lipinski definition) is 0. The van der Waals surface area contributed by atoms with Crippen LogP contribution in [0.2, 0.25) is 0 Å². The van der Waals surface area contributed by atoms with Crippen molar-refractivity contribution in [3.8, 4) is 0 Å². The van der Waals surface area contributed by atoms with Gasteiger partial charge in [-0.3, -0.25) is 4.79 Å². The van der Waals surface area contributed by atoms with Gasteiger partial charge in [0.25, 0.3) is 0 Å². The van der Waals surface area contributed by atoms with Crippen molar-refractivity contribution in [2.24, 2.45) is 5.41 Å². The van der Waals surface area contributed by atoms with E-state index in [4.69, 9.17) is 0 Å². The van der Waals surface area contributed by atoms with Crippen molar-refractivity contribution in [2.45, 2.75) is 40.0 Å². The number of rotatable bonds is 3. The summed E-state index contributed by atoms with van der Waals surface area (Å²) in [5.74, 6) is -0.160. The standard InChI is InChI=1S/C14H23NO3/c1-11(13(17)18-4)6-9-15-10-8-14(2,3)7-5-12(15)16/h6H,5,7-10H2,1-4H3. The lowest BCUT2D eigenvalue weighted by Gasteiger charge is -2.22. The van der Waals surface area contributed by atoms with E-state index < -0.39 is 0 Å². The highest BCUT2D eigenvalue weighted by Gasteiger charge is 2.26. The van der Waals surface area contributed by atoms with Gasteiger partial charge in [-0.15, -0.1) is 0 Å². The molecule has 1 heterocycles. The molecule has 4 nitrogen and oxygen atoms in total. The molecule has 0 bridgehead atoms. The highest BCUT2D eigenvalue weighted by molar-refractivity contribution is 5.87. The van der Waals surface area contributed by atoms with Gasteiger partial charge in [-0.2, -0.15) is 0 Å². The number of carbonyl (C=O) groups is 2. The Bertz CT molecular complexity index is 358. The van der Waals surface area contributed by atoms with Gasteiger partial charge in [0.1, 0.15) is 0 Å². The summed E-state index contributed by atoms with van der Waals surface area (Å²) < 4.78 is 4.63. The maximum atomic E-state index is 11.9. The SMILES string of the molecule is COC(=O)C(C)=CCN1CCC(C)(C)CCC1=O. The largest absolute Gasteiger partial charge is 0.466 e. The zero-order valence-corrected chi connectivity index (χ0v) is 11.8. The molecule has 0 unspecified atom stereocenters. The third-order valence-corrected chi connectivity index (χ3v) is 3.55. The molecule has 0 spiro atoms. The number of esters is 1. The first kappa shape index (κ1) is 14.7. The topological polar surface area (TPSA) is 46.6 Å². The number of ether oxygens (including phenoxy) is 1. The second kappa shape index (κ2) is 6.03. The summed E-state index contributed by atoms with van der Waals surface area (Å²) in [7, 11) is 1.36. The lowest BCUT2D eigenvalue weighted by atomic mass is 9.85. The van der Waals surface area contributed by atoms with Crippen LogP contribution in [0.5, 0.6) is 0 Å². The first-order valence-corrected chi connectivity index (χ1v) is 6.38. The Balaban J connectivity index is 2.61. The Morgan fingerprint density at radius 3 is 2.72 bits per heavy atom. The summed E-state index contributed by atoms with van der Waals surface area (Å²) in [6.07, 6.45) is 4.30. The molecule has 1 aliphatic rings. The molecule has 18 heavy (non-hydrogen) atoms. The molecule has 0 aromatic heterocycles. The molecular formula is C14H23NO3. The van der Waals surface area contributed by atoms with E-state index in [1.165, 1.54) is 7.11 Å². The molecule has 0 saturated carbocycles.